The van der Waals surface area contributed by atoms with Gasteiger partial charge < -0.3 is 10.1 Å². The maximum Gasteiger partial charge on any atom is 0.220 e. The third-order valence-corrected chi connectivity index (χ3v) is 5.88. The lowest BCUT2D eigenvalue weighted by atomic mass is 9.77. The van der Waals surface area contributed by atoms with Crippen LogP contribution in [0, 0.1) is 5.92 Å². The first-order valence-electron chi connectivity index (χ1n) is 9.68. The molecule has 132 valence electrons. The third-order valence-electron chi connectivity index (χ3n) is 5.88. The highest BCUT2D eigenvalue weighted by Crippen LogP contribution is 2.37. The SMILES string of the molecule is COc1ccc(C2CCC(CC(=O)NC3CCCCC3)CC2)cc1. The van der Waals surface area contributed by atoms with Crippen molar-refractivity contribution in [2.75, 3.05) is 7.11 Å². The van der Waals surface area contributed by atoms with E-state index in [2.05, 4.69) is 29.6 Å². The van der Waals surface area contributed by atoms with Gasteiger partial charge in [0.2, 0.25) is 5.91 Å². The molecule has 0 aromatic heterocycles. The molecule has 2 aliphatic rings. The zero-order valence-corrected chi connectivity index (χ0v) is 14.9. The lowest BCUT2D eigenvalue weighted by Crippen LogP contribution is -2.37. The topological polar surface area (TPSA) is 38.3 Å². The molecule has 24 heavy (non-hydrogen) atoms. The Balaban J connectivity index is 1.41. The fourth-order valence-electron chi connectivity index (χ4n) is 4.37. The lowest BCUT2D eigenvalue weighted by Gasteiger charge is -2.29. The number of nitrogens with one attached hydrogen (secondary N) is 1. The minimum Gasteiger partial charge on any atom is -0.497 e. The Kier molecular flexibility index (Phi) is 6.17. The summed E-state index contributed by atoms with van der Waals surface area (Å²) in [5.41, 5.74) is 1.42. The van der Waals surface area contributed by atoms with Crippen LogP contribution in [0.5, 0.6) is 5.75 Å². The van der Waals surface area contributed by atoms with E-state index in [1.165, 1.54) is 63.4 Å². The summed E-state index contributed by atoms with van der Waals surface area (Å²) in [5.74, 6) is 2.43. The molecule has 1 N–H and O–H groups in total. The van der Waals surface area contributed by atoms with Crippen LogP contribution in [0.3, 0.4) is 0 Å². The van der Waals surface area contributed by atoms with E-state index in [-0.39, 0.29) is 5.91 Å². The van der Waals surface area contributed by atoms with Crippen LogP contribution in [0.1, 0.15) is 75.7 Å². The van der Waals surface area contributed by atoms with Crippen LogP contribution in [0.2, 0.25) is 0 Å². The quantitative estimate of drug-likeness (QED) is 0.842. The number of ether oxygens (including phenoxy) is 1. The van der Waals surface area contributed by atoms with Crippen LogP contribution >= 0.6 is 0 Å². The Morgan fingerprint density at radius 2 is 1.67 bits per heavy atom. The fraction of sp³-hybridized carbons (Fsp3) is 0.667. The van der Waals surface area contributed by atoms with E-state index >= 15 is 0 Å². The van der Waals surface area contributed by atoms with E-state index in [9.17, 15) is 4.79 Å². The molecule has 0 aliphatic heterocycles. The van der Waals surface area contributed by atoms with Crippen molar-refractivity contribution in [3.8, 4) is 5.75 Å². The van der Waals surface area contributed by atoms with Gasteiger partial charge in [0.25, 0.3) is 0 Å². The van der Waals surface area contributed by atoms with Crippen molar-refractivity contribution in [2.45, 2.75) is 76.2 Å². The molecule has 0 heterocycles. The fourth-order valence-corrected chi connectivity index (χ4v) is 4.37. The molecule has 3 rings (SSSR count). The second-order valence-corrected chi connectivity index (χ2v) is 7.60. The summed E-state index contributed by atoms with van der Waals surface area (Å²) in [7, 11) is 1.71. The van der Waals surface area contributed by atoms with Crippen molar-refractivity contribution in [2.24, 2.45) is 5.92 Å². The maximum absolute atomic E-state index is 12.3. The Hall–Kier alpha value is -1.51. The van der Waals surface area contributed by atoms with Crippen molar-refractivity contribution in [1.29, 1.82) is 0 Å². The molecule has 1 amide bonds. The largest absolute Gasteiger partial charge is 0.497 e. The van der Waals surface area contributed by atoms with E-state index in [1.54, 1.807) is 7.11 Å². The number of methoxy groups -OCH3 is 1. The van der Waals surface area contributed by atoms with Crippen molar-refractivity contribution in [1.82, 2.24) is 5.32 Å². The molecule has 0 saturated heterocycles. The molecule has 2 fully saturated rings. The van der Waals surface area contributed by atoms with E-state index in [4.69, 9.17) is 4.74 Å². The van der Waals surface area contributed by atoms with Crippen LogP contribution < -0.4 is 10.1 Å². The number of hydrogen-bond acceptors (Lipinski definition) is 2. The number of amides is 1. The smallest absolute Gasteiger partial charge is 0.220 e. The number of carbonyl (C=O) groups excluding carboxylic acids is 1. The summed E-state index contributed by atoms with van der Waals surface area (Å²) in [6, 6.07) is 8.94. The van der Waals surface area contributed by atoms with Crippen LogP contribution in [-0.2, 0) is 4.79 Å². The van der Waals surface area contributed by atoms with Crippen molar-refractivity contribution < 1.29 is 9.53 Å². The molecular weight excluding hydrogens is 298 g/mol. The predicted molar refractivity (Wildman–Crippen MR) is 97.3 cm³/mol. The van der Waals surface area contributed by atoms with Crippen LogP contribution in [0.25, 0.3) is 0 Å². The van der Waals surface area contributed by atoms with Crippen LogP contribution in [-0.4, -0.2) is 19.1 Å². The molecule has 0 atom stereocenters. The zero-order valence-electron chi connectivity index (χ0n) is 14.9. The summed E-state index contributed by atoms with van der Waals surface area (Å²) in [6.45, 7) is 0. The highest BCUT2D eigenvalue weighted by Gasteiger charge is 2.25. The van der Waals surface area contributed by atoms with Gasteiger partial charge in [-0.3, -0.25) is 4.79 Å². The monoisotopic (exact) mass is 329 g/mol. The normalized spacial score (nSPS) is 25.2. The van der Waals surface area contributed by atoms with E-state index < -0.39 is 0 Å². The highest BCUT2D eigenvalue weighted by molar-refractivity contribution is 5.76. The molecule has 2 saturated carbocycles. The van der Waals surface area contributed by atoms with E-state index in [1.807, 2.05) is 0 Å². The first kappa shape index (κ1) is 17.3. The second kappa shape index (κ2) is 8.55. The Bertz CT molecular complexity index is 511. The number of carbonyl (C=O) groups is 1. The minimum absolute atomic E-state index is 0.287. The van der Waals surface area contributed by atoms with E-state index in [0.29, 0.717) is 17.9 Å². The molecule has 1 aromatic carbocycles. The summed E-state index contributed by atoms with van der Waals surface area (Å²) < 4.78 is 5.24. The second-order valence-electron chi connectivity index (χ2n) is 7.60. The first-order chi connectivity index (χ1) is 11.7. The van der Waals surface area contributed by atoms with Crippen molar-refractivity contribution >= 4 is 5.91 Å². The molecule has 0 unspecified atom stereocenters. The number of hydrogen-bond donors (Lipinski definition) is 1. The molecule has 0 radical (unpaired) electrons. The highest BCUT2D eigenvalue weighted by atomic mass is 16.5. The Labute approximate surface area is 146 Å². The van der Waals surface area contributed by atoms with Gasteiger partial charge in [-0.15, -0.1) is 0 Å². The van der Waals surface area contributed by atoms with Gasteiger partial charge in [0.05, 0.1) is 7.11 Å². The maximum atomic E-state index is 12.3. The first-order valence-corrected chi connectivity index (χ1v) is 9.68. The summed E-state index contributed by atoms with van der Waals surface area (Å²) in [4.78, 5) is 12.3. The molecular formula is C21H31NO2. The lowest BCUT2D eigenvalue weighted by molar-refractivity contribution is -0.123. The van der Waals surface area contributed by atoms with Gasteiger partial charge in [-0.25, -0.2) is 0 Å². The van der Waals surface area contributed by atoms with Crippen LogP contribution in [0.4, 0.5) is 0 Å². The Morgan fingerprint density at radius 1 is 1.00 bits per heavy atom. The average molecular weight is 329 g/mol. The molecule has 1 aromatic rings. The summed E-state index contributed by atoms with van der Waals surface area (Å²) >= 11 is 0. The number of rotatable bonds is 5. The van der Waals surface area contributed by atoms with Gasteiger partial charge in [0, 0.05) is 12.5 Å². The third kappa shape index (κ3) is 4.75. The Morgan fingerprint density at radius 3 is 2.29 bits per heavy atom. The van der Waals surface area contributed by atoms with Gasteiger partial charge >= 0.3 is 0 Å². The van der Waals surface area contributed by atoms with Crippen molar-refractivity contribution in [3.63, 3.8) is 0 Å². The summed E-state index contributed by atoms with van der Waals surface area (Å²) in [6.07, 6.45) is 11.7. The van der Waals surface area contributed by atoms with E-state index in [0.717, 1.165) is 12.2 Å². The predicted octanol–water partition coefficient (Wildman–Crippen LogP) is 4.81. The molecule has 0 spiro atoms. The molecule has 3 heteroatoms. The zero-order chi connectivity index (χ0) is 16.8. The molecule has 2 aliphatic carbocycles. The standard InChI is InChI=1S/C21H31NO2/c1-24-20-13-11-18(12-14-20)17-9-7-16(8-10-17)15-21(23)22-19-5-3-2-4-6-19/h11-14,16-17,19H,2-10,15H2,1H3,(H,22,23). The van der Waals surface area contributed by atoms with Gasteiger partial charge in [-0.05, 0) is 68.1 Å². The number of benzene rings is 1. The van der Waals surface area contributed by atoms with Gasteiger partial charge in [-0.1, -0.05) is 31.4 Å². The average Bonchev–Trinajstić information content (AvgIpc) is 2.63. The minimum atomic E-state index is 0.287. The van der Waals surface area contributed by atoms with Gasteiger partial charge in [0.1, 0.15) is 5.75 Å². The van der Waals surface area contributed by atoms with Crippen molar-refractivity contribution in [3.05, 3.63) is 29.8 Å². The molecule has 0 bridgehead atoms. The van der Waals surface area contributed by atoms with Gasteiger partial charge in [0.15, 0.2) is 0 Å². The van der Waals surface area contributed by atoms with Gasteiger partial charge in [-0.2, -0.15) is 0 Å². The molecule has 3 nitrogen and oxygen atoms in total. The summed E-state index contributed by atoms with van der Waals surface area (Å²) in [5, 5.41) is 3.27. The van der Waals surface area contributed by atoms with Crippen LogP contribution in [0.15, 0.2) is 24.3 Å².